The predicted octanol–water partition coefficient (Wildman–Crippen LogP) is 6.45. The molecular weight excluding hydrogens is 495 g/mol. The van der Waals surface area contributed by atoms with E-state index in [0.717, 1.165) is 17.7 Å². The molecular formula is C26H23ClF3N3O3. The smallest absolute Gasteiger partial charge is 0.416 e. The topological polar surface area (TPSA) is 61.9 Å². The maximum Gasteiger partial charge on any atom is 0.416 e. The minimum atomic E-state index is -4.56. The molecule has 1 aliphatic heterocycles. The van der Waals surface area contributed by atoms with Crippen molar-refractivity contribution in [3.63, 3.8) is 0 Å². The lowest BCUT2D eigenvalue weighted by Crippen LogP contribution is -2.49. The van der Waals surface area contributed by atoms with Crippen molar-refractivity contribution in [2.45, 2.75) is 19.1 Å². The number of halogens is 4. The van der Waals surface area contributed by atoms with Gasteiger partial charge in [-0.25, -0.2) is 4.79 Å². The Morgan fingerprint density at radius 2 is 1.83 bits per heavy atom. The zero-order valence-corrected chi connectivity index (χ0v) is 20.1. The van der Waals surface area contributed by atoms with E-state index >= 15 is 0 Å². The average molecular weight is 518 g/mol. The Morgan fingerprint density at radius 3 is 2.56 bits per heavy atom. The van der Waals surface area contributed by atoms with E-state index in [-0.39, 0.29) is 11.6 Å². The predicted molar refractivity (Wildman–Crippen MR) is 132 cm³/mol. The van der Waals surface area contributed by atoms with E-state index in [0.29, 0.717) is 48.2 Å². The van der Waals surface area contributed by atoms with Crippen LogP contribution in [0.1, 0.15) is 27.9 Å². The summed E-state index contributed by atoms with van der Waals surface area (Å²) in [6, 6.07) is 16.0. The van der Waals surface area contributed by atoms with Crippen LogP contribution in [0.15, 0.2) is 66.7 Å². The number of methoxy groups -OCH3 is 1. The van der Waals surface area contributed by atoms with Gasteiger partial charge in [0, 0.05) is 35.9 Å². The molecule has 4 rings (SSSR count). The van der Waals surface area contributed by atoms with E-state index < -0.39 is 17.6 Å². The van der Waals surface area contributed by atoms with Gasteiger partial charge >= 0.3 is 12.2 Å². The molecule has 1 saturated heterocycles. The molecule has 0 unspecified atom stereocenters. The first kappa shape index (κ1) is 25.4. The first-order valence-corrected chi connectivity index (χ1v) is 11.5. The molecule has 0 atom stereocenters. The average Bonchev–Trinajstić information content (AvgIpc) is 2.85. The van der Waals surface area contributed by atoms with Crippen molar-refractivity contribution in [1.82, 2.24) is 4.90 Å². The van der Waals surface area contributed by atoms with Gasteiger partial charge in [0.25, 0.3) is 5.91 Å². The lowest BCUT2D eigenvalue weighted by atomic mass is 10.1. The third-order valence-electron chi connectivity index (χ3n) is 5.75. The van der Waals surface area contributed by atoms with Gasteiger partial charge in [0.15, 0.2) is 0 Å². The number of benzene rings is 3. The molecule has 1 fully saturated rings. The number of ether oxygens (including phenoxy) is 1. The molecule has 3 aromatic rings. The van der Waals surface area contributed by atoms with E-state index in [1.807, 2.05) is 12.1 Å². The third-order valence-corrected chi connectivity index (χ3v) is 5.99. The number of anilines is 2. The third kappa shape index (κ3) is 5.73. The molecule has 188 valence electrons. The summed E-state index contributed by atoms with van der Waals surface area (Å²) in [7, 11) is 1.47. The number of nitrogens with one attached hydrogen (secondary N) is 1. The fraction of sp³-hybridized carbons (Fsp3) is 0.231. The summed E-state index contributed by atoms with van der Waals surface area (Å²) in [5.41, 5.74) is 0.605. The molecule has 1 aliphatic rings. The highest BCUT2D eigenvalue weighted by Gasteiger charge is 2.31. The number of rotatable bonds is 6. The summed E-state index contributed by atoms with van der Waals surface area (Å²) in [5, 5.41) is 3.19. The number of nitrogens with zero attached hydrogens (tertiary/aromatic N) is 2. The standard InChI is InChI=1S/C26H23ClF3N3O3/c1-36-23-10-9-21(31-24(34)18-6-3-7-19(14-18)26(28,29)30)15-22(23)33-12-4-11-32(25(33)35)16-17-5-2-8-20(27)13-17/h2-3,5-10,13-15H,4,11-12,16H2,1H3,(H,31,34). The van der Waals surface area contributed by atoms with Gasteiger partial charge in [-0.05, 0) is 60.5 Å². The maximum atomic E-state index is 13.3. The van der Waals surface area contributed by atoms with Crippen molar-refractivity contribution in [2.75, 3.05) is 30.4 Å². The summed E-state index contributed by atoms with van der Waals surface area (Å²) in [5.74, 6) is -0.283. The molecule has 0 saturated carbocycles. The molecule has 0 bridgehead atoms. The van der Waals surface area contributed by atoms with Crippen LogP contribution in [0, 0.1) is 0 Å². The Labute approximate surface area is 211 Å². The zero-order chi connectivity index (χ0) is 25.9. The van der Waals surface area contributed by atoms with Gasteiger partial charge in [-0.1, -0.05) is 29.8 Å². The number of hydrogen-bond donors (Lipinski definition) is 1. The molecule has 0 spiro atoms. The van der Waals surface area contributed by atoms with Crippen LogP contribution in [-0.4, -0.2) is 37.0 Å². The van der Waals surface area contributed by atoms with Crippen molar-refractivity contribution in [1.29, 1.82) is 0 Å². The first-order valence-electron chi connectivity index (χ1n) is 11.1. The van der Waals surface area contributed by atoms with Crippen LogP contribution in [-0.2, 0) is 12.7 Å². The number of carbonyl (C=O) groups is 2. The second kappa shape index (κ2) is 10.5. The highest BCUT2D eigenvalue weighted by Crippen LogP contribution is 2.34. The van der Waals surface area contributed by atoms with E-state index in [4.69, 9.17) is 16.3 Å². The van der Waals surface area contributed by atoms with Gasteiger partial charge in [-0.15, -0.1) is 0 Å². The van der Waals surface area contributed by atoms with Crippen LogP contribution in [0.2, 0.25) is 5.02 Å². The second-order valence-corrected chi connectivity index (χ2v) is 8.69. The number of urea groups is 1. The molecule has 0 radical (unpaired) electrons. The molecule has 0 aliphatic carbocycles. The van der Waals surface area contributed by atoms with Crippen LogP contribution in [0.5, 0.6) is 5.75 Å². The van der Waals surface area contributed by atoms with E-state index in [9.17, 15) is 22.8 Å². The highest BCUT2D eigenvalue weighted by molar-refractivity contribution is 6.30. The monoisotopic (exact) mass is 517 g/mol. The maximum absolute atomic E-state index is 13.3. The minimum Gasteiger partial charge on any atom is -0.495 e. The number of alkyl halides is 3. The summed E-state index contributed by atoms with van der Waals surface area (Å²) < 4.78 is 44.5. The van der Waals surface area contributed by atoms with Crippen LogP contribution in [0.25, 0.3) is 0 Å². The van der Waals surface area contributed by atoms with E-state index in [2.05, 4.69) is 5.32 Å². The van der Waals surface area contributed by atoms with Crippen molar-refractivity contribution < 1.29 is 27.5 Å². The van der Waals surface area contributed by atoms with Gasteiger partial charge in [-0.3, -0.25) is 9.69 Å². The Bertz CT molecular complexity index is 1280. The summed E-state index contributed by atoms with van der Waals surface area (Å²) in [4.78, 5) is 29.3. The fourth-order valence-corrected chi connectivity index (χ4v) is 4.24. The van der Waals surface area contributed by atoms with Gasteiger partial charge in [0.2, 0.25) is 0 Å². The molecule has 36 heavy (non-hydrogen) atoms. The van der Waals surface area contributed by atoms with E-state index in [1.165, 1.54) is 19.2 Å². The largest absolute Gasteiger partial charge is 0.495 e. The van der Waals surface area contributed by atoms with Gasteiger partial charge in [0.05, 0.1) is 18.4 Å². The Morgan fingerprint density at radius 1 is 1.06 bits per heavy atom. The van der Waals surface area contributed by atoms with Gasteiger partial charge < -0.3 is 15.0 Å². The normalized spacial score (nSPS) is 14.1. The summed E-state index contributed by atoms with van der Waals surface area (Å²) >= 11 is 6.08. The lowest BCUT2D eigenvalue weighted by Gasteiger charge is -2.36. The van der Waals surface area contributed by atoms with Crippen LogP contribution < -0.4 is 15.0 Å². The quantitative estimate of drug-likeness (QED) is 0.408. The van der Waals surface area contributed by atoms with Crippen LogP contribution >= 0.6 is 11.6 Å². The minimum absolute atomic E-state index is 0.135. The zero-order valence-electron chi connectivity index (χ0n) is 19.3. The SMILES string of the molecule is COc1ccc(NC(=O)c2cccc(C(F)(F)F)c2)cc1N1CCCN(Cc2cccc(Cl)c2)C1=O. The Hall–Kier alpha value is -3.72. The van der Waals surface area contributed by atoms with Crippen molar-refractivity contribution >= 4 is 34.9 Å². The molecule has 3 amide bonds. The van der Waals surface area contributed by atoms with Gasteiger partial charge in [-0.2, -0.15) is 13.2 Å². The Balaban J connectivity index is 1.56. The molecule has 6 nitrogen and oxygen atoms in total. The first-order chi connectivity index (χ1) is 17.2. The summed E-state index contributed by atoms with van der Waals surface area (Å²) in [6.45, 7) is 1.38. The van der Waals surface area contributed by atoms with Crippen molar-refractivity contribution in [2.24, 2.45) is 0 Å². The molecule has 1 N–H and O–H groups in total. The second-order valence-electron chi connectivity index (χ2n) is 8.26. The Kier molecular flexibility index (Phi) is 7.40. The number of amides is 3. The highest BCUT2D eigenvalue weighted by atomic mass is 35.5. The van der Waals surface area contributed by atoms with Crippen LogP contribution in [0.3, 0.4) is 0 Å². The molecule has 3 aromatic carbocycles. The number of hydrogen-bond acceptors (Lipinski definition) is 3. The fourth-order valence-electron chi connectivity index (χ4n) is 4.03. The molecule has 0 aromatic heterocycles. The van der Waals surface area contributed by atoms with Gasteiger partial charge in [0.1, 0.15) is 5.75 Å². The lowest BCUT2D eigenvalue weighted by molar-refractivity contribution is -0.137. The van der Waals surface area contributed by atoms with Crippen LogP contribution in [0.4, 0.5) is 29.3 Å². The van der Waals surface area contributed by atoms with E-state index in [1.54, 1.807) is 40.1 Å². The van der Waals surface area contributed by atoms with Crippen molar-refractivity contribution in [3.05, 3.63) is 88.4 Å². The summed E-state index contributed by atoms with van der Waals surface area (Å²) in [6.07, 6.45) is -3.86. The number of carbonyl (C=O) groups excluding carboxylic acids is 2. The van der Waals surface area contributed by atoms with Crippen molar-refractivity contribution in [3.8, 4) is 5.75 Å². The molecule has 1 heterocycles. The molecule has 10 heteroatoms.